The molecule has 1 aromatic rings. The standard InChI is InChI=1S/C13H18N2O2S/c1-10-5-4-7-12(13(10)15(16)17)14-9-11-6-2-3-8-18-11/h4-5,7,11,14H,2-3,6,8-9H2,1H3. The van der Waals surface area contributed by atoms with Crippen molar-refractivity contribution in [2.45, 2.75) is 31.4 Å². The van der Waals surface area contributed by atoms with Gasteiger partial charge in [-0.2, -0.15) is 11.8 Å². The molecule has 1 aliphatic rings. The first-order valence-electron chi connectivity index (χ1n) is 6.28. The van der Waals surface area contributed by atoms with Crippen LogP contribution in [0.4, 0.5) is 11.4 Å². The Morgan fingerprint density at radius 2 is 2.33 bits per heavy atom. The highest BCUT2D eigenvalue weighted by molar-refractivity contribution is 7.99. The Balaban J connectivity index is 2.04. The average molecular weight is 266 g/mol. The van der Waals surface area contributed by atoms with Gasteiger partial charge in [-0.25, -0.2) is 0 Å². The number of hydrogen-bond donors (Lipinski definition) is 1. The summed E-state index contributed by atoms with van der Waals surface area (Å²) in [6, 6.07) is 5.43. The van der Waals surface area contributed by atoms with Crippen molar-refractivity contribution >= 4 is 23.1 Å². The molecule has 1 unspecified atom stereocenters. The van der Waals surface area contributed by atoms with Crippen molar-refractivity contribution in [2.24, 2.45) is 0 Å². The Kier molecular flexibility index (Phi) is 4.47. The Morgan fingerprint density at radius 1 is 1.50 bits per heavy atom. The molecule has 0 spiro atoms. The van der Waals surface area contributed by atoms with Crippen LogP contribution >= 0.6 is 11.8 Å². The summed E-state index contributed by atoms with van der Waals surface area (Å²) in [4.78, 5) is 10.8. The summed E-state index contributed by atoms with van der Waals surface area (Å²) in [5.41, 5.74) is 1.56. The second-order valence-corrected chi connectivity index (χ2v) is 6.01. The van der Waals surface area contributed by atoms with E-state index >= 15 is 0 Å². The largest absolute Gasteiger partial charge is 0.378 e. The third-order valence-electron chi connectivity index (χ3n) is 3.21. The van der Waals surface area contributed by atoms with Crippen LogP contribution in [-0.2, 0) is 0 Å². The zero-order valence-electron chi connectivity index (χ0n) is 10.5. The topological polar surface area (TPSA) is 55.2 Å². The first-order valence-corrected chi connectivity index (χ1v) is 7.33. The predicted molar refractivity (Wildman–Crippen MR) is 76.4 cm³/mol. The minimum atomic E-state index is -0.300. The summed E-state index contributed by atoms with van der Waals surface area (Å²) < 4.78 is 0. The Morgan fingerprint density at radius 3 is 3.00 bits per heavy atom. The molecule has 1 saturated heterocycles. The molecule has 2 rings (SSSR count). The number of aryl methyl sites for hydroxylation is 1. The number of anilines is 1. The number of benzene rings is 1. The number of nitro groups is 1. The maximum atomic E-state index is 11.1. The van der Waals surface area contributed by atoms with Gasteiger partial charge >= 0.3 is 0 Å². The molecule has 5 heteroatoms. The van der Waals surface area contributed by atoms with E-state index in [0.29, 0.717) is 16.5 Å². The van der Waals surface area contributed by atoms with Crippen molar-refractivity contribution in [3.05, 3.63) is 33.9 Å². The first kappa shape index (κ1) is 13.2. The fourth-order valence-corrected chi connectivity index (χ4v) is 3.47. The van der Waals surface area contributed by atoms with Crippen LogP contribution in [0.5, 0.6) is 0 Å². The van der Waals surface area contributed by atoms with Gasteiger partial charge in [0, 0.05) is 17.4 Å². The van der Waals surface area contributed by atoms with Crippen molar-refractivity contribution in [2.75, 3.05) is 17.6 Å². The highest BCUT2D eigenvalue weighted by Crippen LogP contribution is 2.30. The Hall–Kier alpha value is -1.23. The SMILES string of the molecule is Cc1cccc(NCC2CCCCS2)c1[N+](=O)[O-]. The highest BCUT2D eigenvalue weighted by Gasteiger charge is 2.19. The summed E-state index contributed by atoms with van der Waals surface area (Å²) in [6.07, 6.45) is 3.78. The van der Waals surface area contributed by atoms with Crippen molar-refractivity contribution in [1.82, 2.24) is 0 Å². The lowest BCUT2D eigenvalue weighted by atomic mass is 10.1. The van der Waals surface area contributed by atoms with Crippen LogP contribution in [0, 0.1) is 17.0 Å². The lowest BCUT2D eigenvalue weighted by Gasteiger charge is -2.22. The van der Waals surface area contributed by atoms with Gasteiger partial charge in [0.1, 0.15) is 5.69 Å². The van der Waals surface area contributed by atoms with Crippen LogP contribution in [0.2, 0.25) is 0 Å². The van der Waals surface area contributed by atoms with Crippen molar-refractivity contribution in [3.8, 4) is 0 Å². The fourth-order valence-electron chi connectivity index (χ4n) is 2.24. The first-order chi connectivity index (χ1) is 8.68. The fraction of sp³-hybridized carbons (Fsp3) is 0.538. The van der Waals surface area contributed by atoms with Gasteiger partial charge in [0.2, 0.25) is 0 Å². The molecule has 98 valence electrons. The van der Waals surface area contributed by atoms with Crippen LogP contribution in [-0.4, -0.2) is 22.5 Å². The minimum Gasteiger partial charge on any atom is -0.378 e. The van der Waals surface area contributed by atoms with E-state index in [1.54, 1.807) is 19.1 Å². The molecule has 1 N–H and O–H groups in total. The number of hydrogen-bond acceptors (Lipinski definition) is 4. The number of para-hydroxylation sites is 1. The van der Waals surface area contributed by atoms with Crippen molar-refractivity contribution < 1.29 is 4.92 Å². The molecule has 1 atom stereocenters. The molecule has 0 saturated carbocycles. The lowest BCUT2D eigenvalue weighted by molar-refractivity contribution is -0.384. The highest BCUT2D eigenvalue weighted by atomic mass is 32.2. The van der Waals surface area contributed by atoms with Crippen LogP contribution in [0.15, 0.2) is 18.2 Å². The second-order valence-electron chi connectivity index (χ2n) is 4.60. The Labute approximate surface area is 111 Å². The van der Waals surface area contributed by atoms with Crippen molar-refractivity contribution in [1.29, 1.82) is 0 Å². The van der Waals surface area contributed by atoms with E-state index in [0.717, 1.165) is 6.54 Å². The summed E-state index contributed by atoms with van der Waals surface area (Å²) in [6.45, 7) is 2.59. The van der Waals surface area contributed by atoms with E-state index in [9.17, 15) is 10.1 Å². The molecular formula is C13H18N2O2S. The van der Waals surface area contributed by atoms with Crippen LogP contribution < -0.4 is 5.32 Å². The van der Waals surface area contributed by atoms with Gasteiger partial charge in [0.25, 0.3) is 5.69 Å². The monoisotopic (exact) mass is 266 g/mol. The van der Waals surface area contributed by atoms with E-state index in [2.05, 4.69) is 5.32 Å². The van der Waals surface area contributed by atoms with Gasteiger partial charge in [-0.05, 0) is 31.6 Å². The van der Waals surface area contributed by atoms with E-state index in [1.807, 2.05) is 17.8 Å². The number of nitro benzene ring substituents is 1. The van der Waals surface area contributed by atoms with Crippen LogP contribution in [0.25, 0.3) is 0 Å². The van der Waals surface area contributed by atoms with Crippen LogP contribution in [0.3, 0.4) is 0 Å². The lowest BCUT2D eigenvalue weighted by Crippen LogP contribution is -2.20. The van der Waals surface area contributed by atoms with Gasteiger partial charge in [0.15, 0.2) is 0 Å². The van der Waals surface area contributed by atoms with Gasteiger partial charge in [0.05, 0.1) is 4.92 Å². The van der Waals surface area contributed by atoms with Crippen LogP contribution in [0.1, 0.15) is 24.8 Å². The van der Waals surface area contributed by atoms with Gasteiger partial charge in [-0.3, -0.25) is 10.1 Å². The smallest absolute Gasteiger partial charge is 0.295 e. The molecule has 1 fully saturated rings. The molecule has 0 aromatic heterocycles. The Bertz CT molecular complexity index is 431. The number of thioether (sulfide) groups is 1. The summed E-state index contributed by atoms with van der Waals surface area (Å²) >= 11 is 1.97. The van der Waals surface area contributed by atoms with Crippen molar-refractivity contribution in [3.63, 3.8) is 0 Å². The maximum absolute atomic E-state index is 11.1. The van der Waals surface area contributed by atoms with E-state index < -0.39 is 0 Å². The molecule has 0 amide bonds. The average Bonchev–Trinajstić information content (AvgIpc) is 2.37. The molecule has 18 heavy (non-hydrogen) atoms. The normalized spacial score (nSPS) is 19.5. The van der Waals surface area contributed by atoms with E-state index in [4.69, 9.17) is 0 Å². The van der Waals surface area contributed by atoms with Gasteiger partial charge in [-0.15, -0.1) is 0 Å². The zero-order chi connectivity index (χ0) is 13.0. The molecule has 1 aromatic carbocycles. The van der Waals surface area contributed by atoms with Gasteiger partial charge < -0.3 is 5.32 Å². The predicted octanol–water partition coefficient (Wildman–Crippen LogP) is 3.60. The maximum Gasteiger partial charge on any atom is 0.295 e. The van der Waals surface area contributed by atoms with E-state index in [-0.39, 0.29) is 10.6 Å². The summed E-state index contributed by atoms with van der Waals surface area (Å²) in [7, 11) is 0. The minimum absolute atomic E-state index is 0.207. The van der Waals surface area contributed by atoms with E-state index in [1.165, 1.54) is 25.0 Å². The molecular weight excluding hydrogens is 248 g/mol. The molecule has 1 heterocycles. The second kappa shape index (κ2) is 6.09. The molecule has 0 radical (unpaired) electrons. The quantitative estimate of drug-likeness (QED) is 0.668. The third-order valence-corrected chi connectivity index (χ3v) is 4.61. The van der Waals surface area contributed by atoms with Gasteiger partial charge in [-0.1, -0.05) is 18.6 Å². The molecule has 0 aliphatic carbocycles. The number of rotatable bonds is 4. The third kappa shape index (κ3) is 3.16. The zero-order valence-corrected chi connectivity index (χ0v) is 11.3. The number of nitrogens with one attached hydrogen (secondary N) is 1. The molecule has 4 nitrogen and oxygen atoms in total. The number of nitrogens with zero attached hydrogens (tertiary/aromatic N) is 1. The summed E-state index contributed by atoms with van der Waals surface area (Å²) in [5.74, 6) is 1.21. The summed E-state index contributed by atoms with van der Waals surface area (Å²) in [5, 5.41) is 14.9. The molecule has 0 bridgehead atoms. The molecule has 1 aliphatic heterocycles.